The monoisotopic (exact) mass is 183 g/mol. The third-order valence-corrected chi connectivity index (χ3v) is 1.75. The predicted octanol–water partition coefficient (Wildman–Crippen LogP) is -0.101. The first-order chi connectivity index (χ1) is 6.24. The van der Waals surface area contributed by atoms with E-state index in [2.05, 4.69) is 15.8 Å². The summed E-state index contributed by atoms with van der Waals surface area (Å²) in [5, 5.41) is 9.06. The molecule has 1 unspecified atom stereocenters. The van der Waals surface area contributed by atoms with Gasteiger partial charge in [-0.25, -0.2) is 0 Å². The van der Waals surface area contributed by atoms with Crippen LogP contribution in [0, 0.1) is 0 Å². The third-order valence-electron chi connectivity index (χ3n) is 1.75. The van der Waals surface area contributed by atoms with Gasteiger partial charge in [0, 0.05) is 6.07 Å². The van der Waals surface area contributed by atoms with Crippen LogP contribution in [0.1, 0.15) is 12.7 Å². The second kappa shape index (κ2) is 4.61. The van der Waals surface area contributed by atoms with Gasteiger partial charge in [-0.3, -0.25) is 4.79 Å². The zero-order valence-corrected chi connectivity index (χ0v) is 7.70. The molecule has 0 aliphatic carbocycles. The highest BCUT2D eigenvalue weighted by Crippen LogP contribution is 1.95. The van der Waals surface area contributed by atoms with Gasteiger partial charge in [-0.1, -0.05) is 5.16 Å². The second-order valence-electron chi connectivity index (χ2n) is 2.71. The van der Waals surface area contributed by atoms with Crippen molar-refractivity contribution in [3.05, 3.63) is 18.0 Å². The molecular weight excluding hydrogens is 170 g/mol. The van der Waals surface area contributed by atoms with Gasteiger partial charge in [-0.05, 0) is 14.0 Å². The maximum Gasteiger partial charge on any atom is 0.237 e. The summed E-state index contributed by atoms with van der Waals surface area (Å²) >= 11 is 0. The molecule has 5 nitrogen and oxygen atoms in total. The van der Waals surface area contributed by atoms with Crippen molar-refractivity contribution >= 4 is 5.91 Å². The van der Waals surface area contributed by atoms with E-state index in [4.69, 9.17) is 4.52 Å². The second-order valence-corrected chi connectivity index (χ2v) is 2.71. The molecule has 0 bridgehead atoms. The predicted molar refractivity (Wildman–Crippen MR) is 46.9 cm³/mol. The summed E-state index contributed by atoms with van der Waals surface area (Å²) in [5.41, 5.74) is 0. The standard InChI is InChI=1S/C8H13N3O2/c1-6(9-2)8(12)10-5-7-3-4-11-13-7/h3-4,6,9H,5H2,1-2H3,(H,10,12). The lowest BCUT2D eigenvalue weighted by molar-refractivity contribution is -0.122. The lowest BCUT2D eigenvalue weighted by Gasteiger charge is -2.09. The highest BCUT2D eigenvalue weighted by Gasteiger charge is 2.09. The van der Waals surface area contributed by atoms with E-state index in [1.807, 2.05) is 0 Å². The van der Waals surface area contributed by atoms with Crippen LogP contribution in [-0.4, -0.2) is 24.2 Å². The van der Waals surface area contributed by atoms with Gasteiger partial charge in [-0.15, -0.1) is 0 Å². The number of carbonyl (C=O) groups excluding carboxylic acids is 1. The van der Waals surface area contributed by atoms with Crippen molar-refractivity contribution in [2.24, 2.45) is 0 Å². The van der Waals surface area contributed by atoms with Crippen LogP contribution in [0.25, 0.3) is 0 Å². The van der Waals surface area contributed by atoms with E-state index in [1.165, 1.54) is 0 Å². The molecule has 1 amide bonds. The SMILES string of the molecule is CNC(C)C(=O)NCc1ccno1. The summed E-state index contributed by atoms with van der Waals surface area (Å²) in [6.07, 6.45) is 1.54. The van der Waals surface area contributed by atoms with Crippen LogP contribution in [0.3, 0.4) is 0 Å². The molecule has 1 aromatic rings. The van der Waals surface area contributed by atoms with Gasteiger partial charge in [0.15, 0.2) is 5.76 Å². The smallest absolute Gasteiger partial charge is 0.237 e. The number of hydrogen-bond donors (Lipinski definition) is 2. The molecule has 0 saturated carbocycles. The molecule has 0 aliphatic rings. The van der Waals surface area contributed by atoms with Gasteiger partial charge in [0.25, 0.3) is 0 Å². The molecule has 0 aliphatic heterocycles. The van der Waals surface area contributed by atoms with Gasteiger partial charge >= 0.3 is 0 Å². The van der Waals surface area contributed by atoms with Crippen LogP contribution in [0.15, 0.2) is 16.8 Å². The zero-order valence-electron chi connectivity index (χ0n) is 7.70. The zero-order chi connectivity index (χ0) is 9.68. The van der Waals surface area contributed by atoms with E-state index in [1.54, 1.807) is 26.2 Å². The molecule has 0 radical (unpaired) electrons. The minimum absolute atomic E-state index is 0.0566. The van der Waals surface area contributed by atoms with Crippen molar-refractivity contribution < 1.29 is 9.32 Å². The van der Waals surface area contributed by atoms with Crippen LogP contribution in [0.5, 0.6) is 0 Å². The molecule has 1 rings (SSSR count). The van der Waals surface area contributed by atoms with E-state index in [9.17, 15) is 4.79 Å². The lowest BCUT2D eigenvalue weighted by Crippen LogP contribution is -2.39. The molecule has 0 spiro atoms. The Morgan fingerprint density at radius 3 is 3.08 bits per heavy atom. The first kappa shape index (κ1) is 9.73. The normalized spacial score (nSPS) is 12.5. The van der Waals surface area contributed by atoms with Crippen LogP contribution in [0.4, 0.5) is 0 Å². The lowest BCUT2D eigenvalue weighted by atomic mass is 10.3. The highest BCUT2D eigenvalue weighted by molar-refractivity contribution is 5.81. The molecule has 0 aromatic carbocycles. The first-order valence-corrected chi connectivity index (χ1v) is 4.08. The Morgan fingerprint density at radius 1 is 1.77 bits per heavy atom. The van der Waals surface area contributed by atoms with E-state index < -0.39 is 0 Å². The average molecular weight is 183 g/mol. The fraction of sp³-hybridized carbons (Fsp3) is 0.500. The van der Waals surface area contributed by atoms with Crippen molar-refractivity contribution in [1.82, 2.24) is 15.8 Å². The Kier molecular flexibility index (Phi) is 3.45. The summed E-state index contributed by atoms with van der Waals surface area (Å²) < 4.78 is 4.81. The maximum absolute atomic E-state index is 11.2. The Morgan fingerprint density at radius 2 is 2.54 bits per heavy atom. The highest BCUT2D eigenvalue weighted by atomic mass is 16.5. The maximum atomic E-state index is 11.2. The van der Waals surface area contributed by atoms with Crippen LogP contribution in [0.2, 0.25) is 0 Å². The largest absolute Gasteiger partial charge is 0.360 e. The van der Waals surface area contributed by atoms with Gasteiger partial charge < -0.3 is 15.2 Å². The van der Waals surface area contributed by atoms with Crippen LogP contribution >= 0.6 is 0 Å². The minimum atomic E-state index is -0.192. The Balaban J connectivity index is 2.31. The van der Waals surface area contributed by atoms with Crippen LogP contribution < -0.4 is 10.6 Å². The first-order valence-electron chi connectivity index (χ1n) is 4.08. The van der Waals surface area contributed by atoms with Crippen LogP contribution in [-0.2, 0) is 11.3 Å². The molecule has 0 saturated heterocycles. The Bertz CT molecular complexity index is 258. The Labute approximate surface area is 76.5 Å². The fourth-order valence-corrected chi connectivity index (χ4v) is 0.792. The molecule has 2 N–H and O–H groups in total. The summed E-state index contributed by atoms with van der Waals surface area (Å²) in [4.78, 5) is 11.2. The van der Waals surface area contributed by atoms with E-state index in [0.29, 0.717) is 12.3 Å². The van der Waals surface area contributed by atoms with Crippen molar-refractivity contribution in [3.63, 3.8) is 0 Å². The van der Waals surface area contributed by atoms with Crippen molar-refractivity contribution in [2.45, 2.75) is 19.5 Å². The number of amides is 1. The number of carbonyl (C=O) groups is 1. The average Bonchev–Trinajstić information content (AvgIpc) is 2.65. The van der Waals surface area contributed by atoms with E-state index >= 15 is 0 Å². The van der Waals surface area contributed by atoms with E-state index in [0.717, 1.165) is 0 Å². The molecule has 13 heavy (non-hydrogen) atoms. The summed E-state index contributed by atoms with van der Waals surface area (Å²) in [7, 11) is 1.73. The van der Waals surface area contributed by atoms with Crippen molar-refractivity contribution in [2.75, 3.05) is 7.05 Å². The molecule has 5 heteroatoms. The van der Waals surface area contributed by atoms with Crippen molar-refractivity contribution in [3.8, 4) is 0 Å². The number of nitrogens with one attached hydrogen (secondary N) is 2. The molecule has 1 atom stereocenters. The quantitative estimate of drug-likeness (QED) is 0.684. The number of nitrogens with zero attached hydrogens (tertiary/aromatic N) is 1. The molecular formula is C8H13N3O2. The summed E-state index contributed by atoms with van der Waals surface area (Å²) in [5.74, 6) is 0.593. The number of rotatable bonds is 4. The molecule has 72 valence electrons. The number of aromatic nitrogens is 1. The van der Waals surface area contributed by atoms with Gasteiger partial charge in [0.1, 0.15) is 0 Å². The minimum Gasteiger partial charge on any atom is -0.360 e. The summed E-state index contributed by atoms with van der Waals surface area (Å²) in [6, 6.07) is 1.52. The number of likely N-dealkylation sites (N-methyl/N-ethyl adjacent to an activating group) is 1. The topological polar surface area (TPSA) is 67.2 Å². The summed E-state index contributed by atoms with van der Waals surface area (Å²) in [6.45, 7) is 2.17. The number of hydrogen-bond acceptors (Lipinski definition) is 4. The van der Waals surface area contributed by atoms with Gasteiger partial charge in [0.2, 0.25) is 5.91 Å². The third kappa shape index (κ3) is 2.87. The van der Waals surface area contributed by atoms with E-state index in [-0.39, 0.29) is 11.9 Å². The molecule has 1 heterocycles. The van der Waals surface area contributed by atoms with Gasteiger partial charge in [-0.2, -0.15) is 0 Å². The molecule has 1 aromatic heterocycles. The van der Waals surface area contributed by atoms with Crippen molar-refractivity contribution in [1.29, 1.82) is 0 Å². The Hall–Kier alpha value is -1.36. The molecule has 0 fully saturated rings. The fourth-order valence-electron chi connectivity index (χ4n) is 0.792. The van der Waals surface area contributed by atoms with Gasteiger partial charge in [0.05, 0.1) is 18.8 Å².